The van der Waals surface area contributed by atoms with Crippen molar-refractivity contribution in [2.24, 2.45) is 5.92 Å². The maximum atomic E-state index is 13.4. The molecule has 168 valence electrons. The number of likely N-dealkylation sites (tertiary alicyclic amines) is 1. The zero-order valence-electron chi connectivity index (χ0n) is 18.8. The Balaban J connectivity index is 1.49. The van der Waals surface area contributed by atoms with E-state index in [-0.39, 0.29) is 17.9 Å². The Morgan fingerprint density at radius 2 is 2.00 bits per heavy atom. The Kier molecular flexibility index (Phi) is 5.57. The average Bonchev–Trinajstić information content (AvgIpc) is 3.64. The molecule has 1 aromatic heterocycles. The third-order valence-corrected chi connectivity index (χ3v) is 6.87. The zero-order chi connectivity index (χ0) is 22.2. The number of aromatic nitrogens is 2. The van der Waals surface area contributed by atoms with Crippen LogP contribution in [0, 0.1) is 12.8 Å². The quantitative estimate of drug-likeness (QED) is 0.715. The summed E-state index contributed by atoms with van der Waals surface area (Å²) in [6, 6.07) is 7.10. The molecule has 5 rings (SSSR count). The van der Waals surface area contributed by atoms with Gasteiger partial charge in [0.1, 0.15) is 11.6 Å². The highest BCUT2D eigenvalue weighted by atomic mass is 16.5. The number of amides is 2. The van der Waals surface area contributed by atoms with Crippen molar-refractivity contribution in [1.29, 1.82) is 0 Å². The Bertz CT molecular complexity index is 1050. The number of hydrogen-bond acceptors (Lipinski definition) is 5. The molecule has 2 aromatic rings. The largest absolute Gasteiger partial charge is 0.497 e. The molecule has 3 aliphatic rings. The highest BCUT2D eigenvalue weighted by Gasteiger charge is 2.36. The number of rotatable bonds is 5. The Morgan fingerprint density at radius 1 is 1.16 bits per heavy atom. The van der Waals surface area contributed by atoms with Gasteiger partial charge in [-0.3, -0.25) is 14.5 Å². The molecular weight excluding hydrogens is 404 g/mol. The van der Waals surface area contributed by atoms with Crippen LogP contribution in [0.2, 0.25) is 0 Å². The van der Waals surface area contributed by atoms with E-state index in [1.54, 1.807) is 13.2 Å². The van der Waals surface area contributed by atoms with Crippen LogP contribution in [-0.4, -0.2) is 46.9 Å². The van der Waals surface area contributed by atoms with E-state index in [1.165, 1.54) is 12.8 Å². The van der Waals surface area contributed by atoms with Gasteiger partial charge in [-0.05, 0) is 69.6 Å². The van der Waals surface area contributed by atoms with Gasteiger partial charge in [0, 0.05) is 36.3 Å². The third kappa shape index (κ3) is 3.96. The van der Waals surface area contributed by atoms with Crippen molar-refractivity contribution < 1.29 is 14.3 Å². The number of anilines is 1. The Labute approximate surface area is 188 Å². The van der Waals surface area contributed by atoms with Crippen LogP contribution in [0.15, 0.2) is 24.3 Å². The molecule has 0 radical (unpaired) electrons. The predicted molar refractivity (Wildman–Crippen MR) is 121 cm³/mol. The minimum atomic E-state index is -0.189. The van der Waals surface area contributed by atoms with Crippen LogP contribution in [0.1, 0.15) is 72.0 Å². The van der Waals surface area contributed by atoms with Gasteiger partial charge < -0.3 is 9.64 Å². The SMILES string of the molecule is COc1cccc(C(=O)N2CCCCC2c2nc(C)c3c(n2)N(CC2CC2)C(=O)CC3)c1. The number of fused-ring (bicyclic) bond motifs is 1. The molecule has 7 heteroatoms. The molecule has 1 aromatic carbocycles. The summed E-state index contributed by atoms with van der Waals surface area (Å²) in [6.45, 7) is 3.43. The molecule has 7 nitrogen and oxygen atoms in total. The maximum absolute atomic E-state index is 13.4. The van der Waals surface area contributed by atoms with Gasteiger partial charge in [-0.15, -0.1) is 0 Å². The van der Waals surface area contributed by atoms with Crippen molar-refractivity contribution in [3.63, 3.8) is 0 Å². The number of hydrogen-bond donors (Lipinski definition) is 0. The zero-order valence-corrected chi connectivity index (χ0v) is 18.8. The lowest BCUT2D eigenvalue weighted by Crippen LogP contribution is -2.41. The van der Waals surface area contributed by atoms with E-state index >= 15 is 0 Å². The van der Waals surface area contributed by atoms with E-state index in [1.807, 2.05) is 34.9 Å². The maximum Gasteiger partial charge on any atom is 0.254 e. The number of methoxy groups -OCH3 is 1. The minimum Gasteiger partial charge on any atom is -0.497 e. The molecule has 2 fully saturated rings. The summed E-state index contributed by atoms with van der Waals surface area (Å²) < 4.78 is 5.31. The van der Waals surface area contributed by atoms with Crippen LogP contribution in [0.5, 0.6) is 5.75 Å². The normalized spacial score (nSPS) is 20.8. The van der Waals surface area contributed by atoms with E-state index < -0.39 is 0 Å². The molecule has 3 heterocycles. The van der Waals surface area contributed by atoms with Gasteiger partial charge in [-0.2, -0.15) is 0 Å². The van der Waals surface area contributed by atoms with E-state index in [2.05, 4.69) is 0 Å². The number of carbonyl (C=O) groups is 2. The lowest BCUT2D eigenvalue weighted by molar-refractivity contribution is -0.119. The molecule has 2 aliphatic heterocycles. The fourth-order valence-corrected chi connectivity index (χ4v) is 4.86. The molecule has 0 spiro atoms. The molecule has 0 bridgehead atoms. The molecule has 1 saturated heterocycles. The van der Waals surface area contributed by atoms with Crippen molar-refractivity contribution in [3.05, 3.63) is 46.9 Å². The highest BCUT2D eigenvalue weighted by molar-refractivity contribution is 5.96. The van der Waals surface area contributed by atoms with Gasteiger partial charge in [0.25, 0.3) is 5.91 Å². The van der Waals surface area contributed by atoms with Crippen LogP contribution < -0.4 is 9.64 Å². The summed E-state index contributed by atoms with van der Waals surface area (Å²) in [5, 5.41) is 0. The highest BCUT2D eigenvalue weighted by Crippen LogP contribution is 2.37. The molecular formula is C25H30N4O3. The average molecular weight is 435 g/mol. The first-order valence-electron chi connectivity index (χ1n) is 11.7. The van der Waals surface area contributed by atoms with Gasteiger partial charge in [0.05, 0.1) is 13.2 Å². The summed E-state index contributed by atoms with van der Waals surface area (Å²) in [5.74, 6) is 2.81. The minimum absolute atomic E-state index is 0.0292. The van der Waals surface area contributed by atoms with Crippen molar-refractivity contribution in [2.75, 3.05) is 25.1 Å². The van der Waals surface area contributed by atoms with Gasteiger partial charge >= 0.3 is 0 Å². The summed E-state index contributed by atoms with van der Waals surface area (Å²) >= 11 is 0. The second kappa shape index (κ2) is 8.52. The lowest BCUT2D eigenvalue weighted by atomic mass is 9.98. The predicted octanol–water partition coefficient (Wildman–Crippen LogP) is 3.85. The van der Waals surface area contributed by atoms with E-state index in [4.69, 9.17) is 14.7 Å². The fraction of sp³-hybridized carbons (Fsp3) is 0.520. The van der Waals surface area contributed by atoms with Crippen molar-refractivity contribution in [3.8, 4) is 5.75 Å². The summed E-state index contributed by atoms with van der Waals surface area (Å²) in [7, 11) is 1.60. The van der Waals surface area contributed by atoms with Gasteiger partial charge in [-0.1, -0.05) is 6.07 Å². The molecule has 1 unspecified atom stereocenters. The summed E-state index contributed by atoms with van der Waals surface area (Å²) in [5.41, 5.74) is 2.62. The van der Waals surface area contributed by atoms with Crippen molar-refractivity contribution in [1.82, 2.24) is 14.9 Å². The topological polar surface area (TPSA) is 75.6 Å². The van der Waals surface area contributed by atoms with Crippen LogP contribution >= 0.6 is 0 Å². The second-order valence-electron chi connectivity index (χ2n) is 9.16. The second-order valence-corrected chi connectivity index (χ2v) is 9.16. The van der Waals surface area contributed by atoms with Gasteiger partial charge in [0.2, 0.25) is 5.91 Å². The number of nitrogens with zero attached hydrogens (tertiary/aromatic N) is 4. The number of benzene rings is 1. The first-order valence-corrected chi connectivity index (χ1v) is 11.7. The van der Waals surface area contributed by atoms with E-state index in [9.17, 15) is 9.59 Å². The van der Waals surface area contributed by atoms with Crippen molar-refractivity contribution >= 4 is 17.6 Å². The molecule has 1 saturated carbocycles. The van der Waals surface area contributed by atoms with Gasteiger partial charge in [0.15, 0.2) is 5.82 Å². The van der Waals surface area contributed by atoms with Crippen LogP contribution in [-0.2, 0) is 11.2 Å². The molecule has 1 aliphatic carbocycles. The van der Waals surface area contributed by atoms with Crippen molar-refractivity contribution in [2.45, 2.75) is 57.9 Å². The van der Waals surface area contributed by atoms with Crippen LogP contribution in [0.25, 0.3) is 0 Å². The first kappa shape index (κ1) is 20.9. The molecule has 1 atom stereocenters. The van der Waals surface area contributed by atoms with E-state index in [0.717, 1.165) is 42.9 Å². The number of ether oxygens (including phenoxy) is 1. The molecule has 32 heavy (non-hydrogen) atoms. The summed E-state index contributed by atoms with van der Waals surface area (Å²) in [6.07, 6.45) is 6.39. The smallest absolute Gasteiger partial charge is 0.254 e. The number of piperidine rings is 1. The molecule has 2 amide bonds. The standard InChI is InChI=1S/C25H30N4O3/c1-16-20-11-12-22(30)29(15-17-9-10-17)24(20)27-23(26-16)21-8-3-4-13-28(21)25(31)18-6-5-7-19(14-18)32-2/h5-7,14,17,21H,3-4,8-13,15H2,1-2H3. The van der Waals surface area contributed by atoms with E-state index in [0.29, 0.717) is 42.4 Å². The first-order chi connectivity index (χ1) is 15.5. The van der Waals surface area contributed by atoms with Crippen LogP contribution in [0.4, 0.5) is 5.82 Å². The third-order valence-electron chi connectivity index (χ3n) is 6.87. The van der Waals surface area contributed by atoms with Crippen LogP contribution in [0.3, 0.4) is 0 Å². The van der Waals surface area contributed by atoms with Gasteiger partial charge in [-0.25, -0.2) is 9.97 Å². The fourth-order valence-electron chi connectivity index (χ4n) is 4.86. The Morgan fingerprint density at radius 3 is 2.78 bits per heavy atom. The Hall–Kier alpha value is -2.96. The summed E-state index contributed by atoms with van der Waals surface area (Å²) in [4.78, 5) is 39.8. The lowest BCUT2D eigenvalue weighted by Gasteiger charge is -2.36. The number of aryl methyl sites for hydroxylation is 1. The number of carbonyl (C=O) groups excluding carboxylic acids is 2. The molecule has 0 N–H and O–H groups in total. The monoisotopic (exact) mass is 434 g/mol.